The molecule has 2 N–H and O–H groups in total. The third-order valence-corrected chi connectivity index (χ3v) is 3.09. The molecule has 0 spiro atoms. The third-order valence-electron chi connectivity index (χ3n) is 3.09. The van der Waals surface area contributed by atoms with Gasteiger partial charge in [0.15, 0.2) is 0 Å². The maximum Gasteiger partial charge on any atom is 0.251 e. The molecule has 1 aromatic carbocycles. The Morgan fingerprint density at radius 1 is 1.43 bits per heavy atom. The van der Waals surface area contributed by atoms with E-state index >= 15 is 0 Å². The van der Waals surface area contributed by atoms with Gasteiger partial charge >= 0.3 is 0 Å². The van der Waals surface area contributed by atoms with Gasteiger partial charge in [-0.25, -0.2) is 0 Å². The number of aliphatic hydroxyl groups excluding tert-OH is 1. The number of amides is 1. The fourth-order valence-corrected chi connectivity index (χ4v) is 2.15. The Morgan fingerprint density at radius 2 is 2.14 bits per heavy atom. The first-order valence-electron chi connectivity index (χ1n) is 7.03. The van der Waals surface area contributed by atoms with Gasteiger partial charge in [0.05, 0.1) is 12.7 Å². The molecule has 0 atom stereocenters. The van der Waals surface area contributed by atoms with Crippen molar-refractivity contribution in [1.82, 2.24) is 5.32 Å². The summed E-state index contributed by atoms with van der Waals surface area (Å²) in [5, 5.41) is 11.8. The molecule has 1 rings (SSSR count). The van der Waals surface area contributed by atoms with E-state index in [1.807, 2.05) is 13.8 Å². The lowest BCUT2D eigenvalue weighted by molar-refractivity contribution is 0.0909. The van der Waals surface area contributed by atoms with Crippen molar-refractivity contribution in [2.24, 2.45) is 0 Å². The van der Waals surface area contributed by atoms with Gasteiger partial charge in [0.1, 0.15) is 12.4 Å². The Balaban J connectivity index is 3.00. The van der Waals surface area contributed by atoms with Gasteiger partial charge in [-0.15, -0.1) is 0 Å². The minimum absolute atomic E-state index is 0.136. The maximum atomic E-state index is 12.3. The second-order valence-electron chi connectivity index (χ2n) is 5.46. The predicted molar refractivity (Wildman–Crippen MR) is 83.4 cm³/mol. The van der Waals surface area contributed by atoms with Gasteiger partial charge in [-0.1, -0.05) is 25.2 Å². The molecule has 1 aromatic rings. The fraction of sp³-hybridized carbons (Fsp3) is 0.471. The van der Waals surface area contributed by atoms with E-state index in [2.05, 4.69) is 24.1 Å². The zero-order valence-electron chi connectivity index (χ0n) is 13.1. The van der Waals surface area contributed by atoms with Gasteiger partial charge in [0.2, 0.25) is 0 Å². The normalized spacial score (nSPS) is 10.5. The number of rotatable bonds is 5. The Hall–Kier alpha value is -1.99. The maximum absolute atomic E-state index is 12.3. The summed E-state index contributed by atoms with van der Waals surface area (Å²) in [5.74, 6) is 5.81. The molecule has 1 amide bonds. The van der Waals surface area contributed by atoms with Crippen molar-refractivity contribution in [3.63, 3.8) is 0 Å². The molecule has 0 aromatic heterocycles. The highest BCUT2D eigenvalue weighted by molar-refractivity contribution is 5.95. The quantitative estimate of drug-likeness (QED) is 0.818. The van der Waals surface area contributed by atoms with Crippen LogP contribution in [-0.2, 0) is 0 Å². The van der Waals surface area contributed by atoms with Gasteiger partial charge in [-0.3, -0.25) is 4.79 Å². The zero-order chi connectivity index (χ0) is 15.9. The van der Waals surface area contributed by atoms with Crippen molar-refractivity contribution >= 4 is 5.91 Å². The second-order valence-corrected chi connectivity index (χ2v) is 5.46. The highest BCUT2D eigenvalue weighted by atomic mass is 16.5. The number of nitrogens with one attached hydrogen (secondary N) is 1. The zero-order valence-corrected chi connectivity index (χ0v) is 13.1. The molecule has 114 valence electrons. The minimum Gasteiger partial charge on any atom is -0.495 e. The molecule has 0 heterocycles. The van der Waals surface area contributed by atoms with E-state index in [1.165, 1.54) is 0 Å². The summed E-state index contributed by atoms with van der Waals surface area (Å²) in [5.41, 5.74) is 0.873. The fourth-order valence-electron chi connectivity index (χ4n) is 2.15. The van der Waals surface area contributed by atoms with Crippen molar-refractivity contribution in [2.75, 3.05) is 13.7 Å². The molecular formula is C17H23NO3. The summed E-state index contributed by atoms with van der Waals surface area (Å²) in [7, 11) is 1.55. The number of hydrogen-bond acceptors (Lipinski definition) is 3. The van der Waals surface area contributed by atoms with E-state index in [9.17, 15) is 4.79 Å². The summed E-state index contributed by atoms with van der Waals surface area (Å²) in [6.07, 6.45) is 1.91. The first-order valence-corrected chi connectivity index (χ1v) is 7.03. The summed E-state index contributed by atoms with van der Waals surface area (Å²) in [4.78, 5) is 12.3. The largest absolute Gasteiger partial charge is 0.495 e. The molecular weight excluding hydrogens is 266 g/mol. The molecule has 0 aliphatic rings. The van der Waals surface area contributed by atoms with Crippen molar-refractivity contribution in [3.05, 3.63) is 29.3 Å². The number of carbonyl (C=O) groups is 1. The lowest BCUT2D eigenvalue weighted by Gasteiger charge is -2.25. The average molecular weight is 289 g/mol. The van der Waals surface area contributed by atoms with E-state index in [0.29, 0.717) is 16.9 Å². The molecule has 0 aliphatic carbocycles. The van der Waals surface area contributed by atoms with Crippen LogP contribution in [0.25, 0.3) is 0 Å². The van der Waals surface area contributed by atoms with Gasteiger partial charge in [-0.05, 0) is 38.5 Å². The molecule has 4 nitrogen and oxygen atoms in total. The topological polar surface area (TPSA) is 58.6 Å². The van der Waals surface area contributed by atoms with E-state index < -0.39 is 0 Å². The van der Waals surface area contributed by atoms with Crippen molar-refractivity contribution in [2.45, 2.75) is 39.2 Å². The van der Waals surface area contributed by atoms with E-state index in [1.54, 1.807) is 25.3 Å². The van der Waals surface area contributed by atoms with Crippen LogP contribution in [0.3, 0.4) is 0 Å². The first-order chi connectivity index (χ1) is 9.93. The first kappa shape index (κ1) is 17.1. The Kier molecular flexibility index (Phi) is 6.26. The van der Waals surface area contributed by atoms with Gasteiger partial charge in [0.25, 0.3) is 5.91 Å². The van der Waals surface area contributed by atoms with Crippen LogP contribution >= 0.6 is 0 Å². The van der Waals surface area contributed by atoms with E-state index in [0.717, 1.165) is 12.8 Å². The highest BCUT2D eigenvalue weighted by Crippen LogP contribution is 2.20. The van der Waals surface area contributed by atoms with Crippen LogP contribution in [0.15, 0.2) is 18.2 Å². The summed E-state index contributed by atoms with van der Waals surface area (Å²) >= 11 is 0. The average Bonchev–Trinajstić information content (AvgIpc) is 2.44. The molecule has 0 saturated heterocycles. The minimum atomic E-state index is -0.247. The molecule has 0 bridgehead atoms. The van der Waals surface area contributed by atoms with Gasteiger partial charge in [0, 0.05) is 11.1 Å². The lowest BCUT2D eigenvalue weighted by Crippen LogP contribution is -2.43. The van der Waals surface area contributed by atoms with Crippen molar-refractivity contribution < 1.29 is 14.6 Å². The predicted octanol–water partition coefficient (Wildman–Crippen LogP) is 2.35. The molecule has 0 fully saturated rings. The SMILES string of the molecule is CCCC(C)(C)NC(=O)c1ccc(OC)c(C#CCO)c1. The molecule has 21 heavy (non-hydrogen) atoms. The van der Waals surface area contributed by atoms with Crippen LogP contribution in [0.2, 0.25) is 0 Å². The van der Waals surface area contributed by atoms with Gasteiger partial charge < -0.3 is 15.2 Å². The molecule has 4 heteroatoms. The summed E-state index contributed by atoms with van der Waals surface area (Å²) < 4.78 is 5.20. The number of ether oxygens (including phenoxy) is 1. The Labute approximate surface area is 126 Å². The van der Waals surface area contributed by atoms with Gasteiger partial charge in [-0.2, -0.15) is 0 Å². The number of benzene rings is 1. The summed E-state index contributed by atoms with van der Waals surface area (Å²) in [6.45, 7) is 5.86. The molecule has 0 aliphatic heterocycles. The standard InChI is InChI=1S/C17H23NO3/c1-5-10-17(2,3)18-16(20)14-8-9-15(21-4)13(12-14)7-6-11-19/h8-9,12,19H,5,10-11H2,1-4H3,(H,18,20). The number of hydrogen-bond donors (Lipinski definition) is 2. The van der Waals surface area contributed by atoms with Crippen LogP contribution in [0, 0.1) is 11.8 Å². The Morgan fingerprint density at radius 3 is 2.71 bits per heavy atom. The van der Waals surface area contributed by atoms with Crippen LogP contribution in [0.4, 0.5) is 0 Å². The van der Waals surface area contributed by atoms with Crippen LogP contribution < -0.4 is 10.1 Å². The number of methoxy groups -OCH3 is 1. The lowest BCUT2D eigenvalue weighted by atomic mass is 9.98. The molecule has 0 unspecified atom stereocenters. The van der Waals surface area contributed by atoms with Crippen molar-refractivity contribution in [1.29, 1.82) is 0 Å². The van der Waals surface area contributed by atoms with Crippen LogP contribution in [-0.4, -0.2) is 30.3 Å². The molecule has 0 saturated carbocycles. The smallest absolute Gasteiger partial charge is 0.251 e. The molecule has 0 radical (unpaired) electrons. The monoisotopic (exact) mass is 289 g/mol. The van der Waals surface area contributed by atoms with E-state index in [-0.39, 0.29) is 18.1 Å². The number of carbonyl (C=O) groups excluding carboxylic acids is 1. The second kappa shape index (κ2) is 7.70. The number of aliphatic hydroxyl groups is 1. The third kappa shape index (κ3) is 5.13. The van der Waals surface area contributed by atoms with Crippen molar-refractivity contribution in [3.8, 4) is 17.6 Å². The Bertz CT molecular complexity index is 553. The summed E-state index contributed by atoms with van der Waals surface area (Å²) in [6, 6.07) is 5.10. The van der Waals surface area contributed by atoms with E-state index in [4.69, 9.17) is 9.84 Å². The van der Waals surface area contributed by atoms with Crippen LogP contribution in [0.5, 0.6) is 5.75 Å². The van der Waals surface area contributed by atoms with Crippen LogP contribution in [0.1, 0.15) is 49.5 Å². The highest BCUT2D eigenvalue weighted by Gasteiger charge is 2.20.